The van der Waals surface area contributed by atoms with Gasteiger partial charge in [-0.15, -0.1) is 0 Å². The first-order valence-electron chi connectivity index (χ1n) is 5.41. The minimum atomic E-state index is -0.113. The van der Waals surface area contributed by atoms with Crippen molar-refractivity contribution in [1.82, 2.24) is 4.98 Å². The quantitative estimate of drug-likeness (QED) is 0.635. The van der Waals surface area contributed by atoms with Crippen molar-refractivity contribution in [3.8, 4) is 0 Å². The molecule has 1 aliphatic rings. The Kier molecular flexibility index (Phi) is 4.27. The Bertz CT molecular complexity index is 367. The first-order chi connectivity index (χ1) is 7.65. The van der Waals surface area contributed by atoms with Gasteiger partial charge in [-0.3, -0.25) is 0 Å². The van der Waals surface area contributed by atoms with Crippen molar-refractivity contribution in [1.29, 1.82) is 0 Å². The molecule has 0 spiro atoms. The molecule has 88 valence electrons. The minimum absolute atomic E-state index is 0.113. The SMILES string of the molecule is OC1CCC(Nc2cc(Cl)ncc2I)CC1. The highest BCUT2D eigenvalue weighted by Crippen LogP contribution is 2.26. The van der Waals surface area contributed by atoms with E-state index in [2.05, 4.69) is 32.9 Å². The van der Waals surface area contributed by atoms with E-state index in [9.17, 15) is 5.11 Å². The zero-order chi connectivity index (χ0) is 11.5. The standard InChI is InChI=1S/C11H14ClIN2O/c12-11-5-10(9(13)6-14-11)15-7-1-3-8(16)4-2-7/h5-8,16H,1-4H2,(H,14,15). The molecule has 2 N–H and O–H groups in total. The highest BCUT2D eigenvalue weighted by molar-refractivity contribution is 14.1. The molecule has 2 rings (SSSR count). The molecule has 5 heteroatoms. The van der Waals surface area contributed by atoms with E-state index in [0.717, 1.165) is 34.9 Å². The second kappa shape index (κ2) is 5.51. The Labute approximate surface area is 114 Å². The van der Waals surface area contributed by atoms with Gasteiger partial charge in [0.25, 0.3) is 0 Å². The molecule has 0 atom stereocenters. The molecule has 3 nitrogen and oxygen atoms in total. The fraction of sp³-hybridized carbons (Fsp3) is 0.545. The Morgan fingerprint density at radius 2 is 2.06 bits per heavy atom. The lowest BCUT2D eigenvalue weighted by Crippen LogP contribution is -2.28. The second-order valence-electron chi connectivity index (χ2n) is 4.14. The minimum Gasteiger partial charge on any atom is -0.393 e. The lowest BCUT2D eigenvalue weighted by atomic mass is 9.93. The van der Waals surface area contributed by atoms with Gasteiger partial charge in [-0.25, -0.2) is 4.98 Å². The number of hydrogen-bond donors (Lipinski definition) is 2. The van der Waals surface area contributed by atoms with Crippen LogP contribution in [0.4, 0.5) is 5.69 Å². The number of anilines is 1. The van der Waals surface area contributed by atoms with Crippen LogP contribution in [0.3, 0.4) is 0 Å². The molecule has 0 unspecified atom stereocenters. The van der Waals surface area contributed by atoms with Crippen LogP contribution in [0.5, 0.6) is 0 Å². The molecular weight excluding hydrogens is 338 g/mol. The molecule has 1 fully saturated rings. The predicted molar refractivity (Wildman–Crippen MR) is 73.8 cm³/mol. The molecule has 16 heavy (non-hydrogen) atoms. The summed E-state index contributed by atoms with van der Waals surface area (Å²) in [5.41, 5.74) is 1.04. The molecule has 1 saturated carbocycles. The Balaban J connectivity index is 2.00. The average Bonchev–Trinajstić information content (AvgIpc) is 2.27. The zero-order valence-electron chi connectivity index (χ0n) is 8.79. The summed E-state index contributed by atoms with van der Waals surface area (Å²) < 4.78 is 1.08. The third-order valence-corrected chi connectivity index (χ3v) is 3.94. The summed E-state index contributed by atoms with van der Waals surface area (Å²) >= 11 is 8.11. The van der Waals surface area contributed by atoms with Crippen LogP contribution in [0.1, 0.15) is 25.7 Å². The van der Waals surface area contributed by atoms with Gasteiger partial charge in [0.15, 0.2) is 0 Å². The smallest absolute Gasteiger partial charge is 0.131 e. The molecule has 0 amide bonds. The highest BCUT2D eigenvalue weighted by Gasteiger charge is 2.19. The molecular formula is C11H14ClIN2O. The summed E-state index contributed by atoms with van der Waals surface area (Å²) in [5.74, 6) is 0. The van der Waals surface area contributed by atoms with Gasteiger partial charge in [0.1, 0.15) is 5.15 Å². The number of aromatic nitrogens is 1. The number of rotatable bonds is 2. The molecule has 0 bridgehead atoms. The van der Waals surface area contributed by atoms with Crippen LogP contribution in [0, 0.1) is 3.57 Å². The zero-order valence-corrected chi connectivity index (χ0v) is 11.7. The summed E-state index contributed by atoms with van der Waals surface area (Å²) in [6.45, 7) is 0. The molecule has 0 aliphatic heterocycles. The summed E-state index contributed by atoms with van der Waals surface area (Å²) in [4.78, 5) is 4.02. The van der Waals surface area contributed by atoms with Crippen molar-refractivity contribution in [3.63, 3.8) is 0 Å². The van der Waals surface area contributed by atoms with E-state index in [-0.39, 0.29) is 6.10 Å². The van der Waals surface area contributed by atoms with Crippen LogP contribution in [0.25, 0.3) is 0 Å². The van der Waals surface area contributed by atoms with Crippen molar-refractivity contribution in [2.75, 3.05) is 5.32 Å². The molecule has 1 heterocycles. The number of halogens is 2. The van der Waals surface area contributed by atoms with Gasteiger partial charge in [-0.1, -0.05) is 11.6 Å². The number of nitrogens with one attached hydrogen (secondary N) is 1. The van der Waals surface area contributed by atoms with Gasteiger partial charge >= 0.3 is 0 Å². The van der Waals surface area contributed by atoms with Crippen molar-refractivity contribution in [3.05, 3.63) is 21.0 Å². The van der Waals surface area contributed by atoms with E-state index < -0.39 is 0 Å². The van der Waals surface area contributed by atoms with E-state index >= 15 is 0 Å². The molecule has 1 aromatic heterocycles. The molecule has 0 radical (unpaired) electrons. The van der Waals surface area contributed by atoms with Crippen LogP contribution in [0.15, 0.2) is 12.3 Å². The molecule has 0 saturated heterocycles. The first kappa shape index (κ1) is 12.4. The first-order valence-corrected chi connectivity index (χ1v) is 6.86. The highest BCUT2D eigenvalue weighted by atomic mass is 127. The third kappa shape index (κ3) is 3.21. The van der Waals surface area contributed by atoms with Gasteiger partial charge in [0.05, 0.1) is 15.4 Å². The number of aliphatic hydroxyl groups is 1. The van der Waals surface area contributed by atoms with E-state index in [1.165, 1.54) is 0 Å². The third-order valence-electron chi connectivity index (χ3n) is 2.88. The van der Waals surface area contributed by atoms with Crippen LogP contribution in [-0.4, -0.2) is 22.2 Å². The van der Waals surface area contributed by atoms with Crippen LogP contribution in [0.2, 0.25) is 5.15 Å². The van der Waals surface area contributed by atoms with E-state index in [1.807, 2.05) is 6.07 Å². The Morgan fingerprint density at radius 1 is 1.38 bits per heavy atom. The Hall–Kier alpha value is -0.0700. The largest absolute Gasteiger partial charge is 0.393 e. The summed E-state index contributed by atoms with van der Waals surface area (Å²) in [6.07, 6.45) is 5.44. The second-order valence-corrected chi connectivity index (χ2v) is 5.69. The topological polar surface area (TPSA) is 45.1 Å². The lowest BCUT2D eigenvalue weighted by molar-refractivity contribution is 0.126. The maximum atomic E-state index is 9.43. The van der Waals surface area contributed by atoms with E-state index in [1.54, 1.807) is 6.20 Å². The Morgan fingerprint density at radius 3 is 2.75 bits per heavy atom. The lowest BCUT2D eigenvalue weighted by Gasteiger charge is -2.27. The summed E-state index contributed by atoms with van der Waals surface area (Å²) in [5, 5.41) is 13.4. The van der Waals surface area contributed by atoms with Crippen molar-refractivity contribution < 1.29 is 5.11 Å². The van der Waals surface area contributed by atoms with Crippen molar-refractivity contribution >= 4 is 39.9 Å². The number of hydrogen-bond acceptors (Lipinski definition) is 3. The normalized spacial score (nSPS) is 25.4. The van der Waals surface area contributed by atoms with Crippen molar-refractivity contribution in [2.24, 2.45) is 0 Å². The van der Waals surface area contributed by atoms with Gasteiger partial charge in [0.2, 0.25) is 0 Å². The summed E-state index contributed by atoms with van der Waals surface area (Å²) in [7, 11) is 0. The van der Waals surface area contributed by atoms with E-state index in [0.29, 0.717) is 11.2 Å². The predicted octanol–water partition coefficient (Wildman–Crippen LogP) is 3.06. The monoisotopic (exact) mass is 352 g/mol. The molecule has 1 aromatic rings. The van der Waals surface area contributed by atoms with Gasteiger partial charge in [0, 0.05) is 12.2 Å². The van der Waals surface area contributed by atoms with Gasteiger partial charge in [-0.05, 0) is 54.3 Å². The van der Waals surface area contributed by atoms with Crippen LogP contribution in [-0.2, 0) is 0 Å². The number of nitrogens with zero attached hydrogens (tertiary/aromatic N) is 1. The molecule has 0 aromatic carbocycles. The average molecular weight is 353 g/mol. The van der Waals surface area contributed by atoms with Gasteiger partial charge in [-0.2, -0.15) is 0 Å². The fourth-order valence-corrected chi connectivity index (χ4v) is 2.57. The van der Waals surface area contributed by atoms with Gasteiger partial charge < -0.3 is 10.4 Å². The number of aliphatic hydroxyl groups excluding tert-OH is 1. The molecule has 1 aliphatic carbocycles. The fourth-order valence-electron chi connectivity index (χ4n) is 1.96. The maximum Gasteiger partial charge on any atom is 0.131 e. The van der Waals surface area contributed by atoms with Crippen LogP contribution >= 0.6 is 34.2 Å². The van der Waals surface area contributed by atoms with E-state index in [4.69, 9.17) is 11.6 Å². The summed E-state index contributed by atoms with van der Waals surface area (Å²) in [6, 6.07) is 2.30. The maximum absolute atomic E-state index is 9.43. The van der Waals surface area contributed by atoms with Crippen LogP contribution < -0.4 is 5.32 Å². The number of pyridine rings is 1. The van der Waals surface area contributed by atoms with Crippen molar-refractivity contribution in [2.45, 2.75) is 37.8 Å².